The number of hydrogen-bond acceptors (Lipinski definition) is 7. The Kier molecular flexibility index (Phi) is 6.26. The molecule has 3 aromatic rings. The molecular weight excluding hydrogens is 441 g/mol. The summed E-state index contributed by atoms with van der Waals surface area (Å²) >= 11 is 0. The van der Waals surface area contributed by atoms with Crippen LogP contribution in [0.3, 0.4) is 0 Å². The van der Waals surface area contributed by atoms with Crippen molar-refractivity contribution in [2.24, 2.45) is 0 Å². The molecule has 3 heterocycles. The van der Waals surface area contributed by atoms with Crippen molar-refractivity contribution in [3.63, 3.8) is 0 Å². The molecule has 0 radical (unpaired) electrons. The molecule has 0 amide bonds. The number of H-pyrrole nitrogens is 1. The quantitative estimate of drug-likeness (QED) is 0.493. The third kappa shape index (κ3) is 4.64. The monoisotopic (exact) mass is 464 g/mol. The second kappa shape index (κ2) is 8.99. The van der Waals surface area contributed by atoms with Crippen LogP contribution >= 0.6 is 0 Å². The van der Waals surface area contributed by atoms with E-state index in [2.05, 4.69) is 20.3 Å². The zero-order chi connectivity index (χ0) is 23.8. The average Bonchev–Trinajstić information content (AvgIpc) is 3.27. The summed E-state index contributed by atoms with van der Waals surface area (Å²) in [5.41, 5.74) is -1.14. The van der Waals surface area contributed by atoms with Crippen molar-refractivity contribution in [1.82, 2.24) is 15.0 Å². The molecule has 1 aromatic carbocycles. The lowest BCUT2D eigenvalue weighted by molar-refractivity contribution is -0.0583. The number of halogens is 3. The van der Waals surface area contributed by atoms with Gasteiger partial charge < -0.3 is 24.9 Å². The highest BCUT2D eigenvalue weighted by Crippen LogP contribution is 2.34. The lowest BCUT2D eigenvalue weighted by Gasteiger charge is -2.21. The number of aliphatic hydroxyl groups is 1. The number of aryl methyl sites for hydroxylation is 1. The third-order valence-electron chi connectivity index (χ3n) is 5.41. The topological polar surface area (TPSA) is 109 Å². The Hall–Kier alpha value is -3.18. The van der Waals surface area contributed by atoms with Crippen LogP contribution in [-0.4, -0.2) is 46.0 Å². The van der Waals surface area contributed by atoms with Gasteiger partial charge >= 0.3 is 0 Å². The van der Waals surface area contributed by atoms with Crippen molar-refractivity contribution in [3.8, 4) is 5.75 Å². The Morgan fingerprint density at radius 2 is 2.18 bits per heavy atom. The number of ether oxygens (including phenoxy) is 2. The van der Waals surface area contributed by atoms with Crippen LogP contribution in [0.2, 0.25) is 0 Å². The van der Waals surface area contributed by atoms with E-state index in [4.69, 9.17) is 14.6 Å². The van der Waals surface area contributed by atoms with Gasteiger partial charge in [0.25, 0.3) is 11.5 Å². The molecule has 1 saturated heterocycles. The fourth-order valence-electron chi connectivity index (χ4n) is 3.70. The second-order valence-electron chi connectivity index (χ2n) is 7.89. The molecule has 3 N–H and O–H groups in total. The van der Waals surface area contributed by atoms with Gasteiger partial charge in [-0.15, -0.1) is 0 Å². The maximum atomic E-state index is 14.9. The molecule has 0 saturated carbocycles. The van der Waals surface area contributed by atoms with Gasteiger partial charge in [0.15, 0.2) is 5.75 Å². The first-order valence-corrected chi connectivity index (χ1v) is 10.4. The Morgan fingerprint density at radius 1 is 1.39 bits per heavy atom. The zero-order valence-corrected chi connectivity index (χ0v) is 18.0. The predicted molar refractivity (Wildman–Crippen MR) is 114 cm³/mol. The van der Waals surface area contributed by atoms with Gasteiger partial charge in [0, 0.05) is 18.1 Å². The summed E-state index contributed by atoms with van der Waals surface area (Å²) in [5, 5.41) is 12.4. The maximum absolute atomic E-state index is 14.9. The Balaban J connectivity index is 1.71. The molecule has 11 heteroatoms. The number of anilines is 1. The van der Waals surface area contributed by atoms with Gasteiger partial charge in [-0.25, -0.2) is 14.4 Å². The van der Waals surface area contributed by atoms with Crippen molar-refractivity contribution >= 4 is 16.9 Å². The molecule has 1 unspecified atom stereocenters. The van der Waals surface area contributed by atoms with Gasteiger partial charge in [-0.2, -0.15) is 8.78 Å². The second-order valence-corrected chi connectivity index (χ2v) is 7.89. The standard InChI is InChI=1S/C22H23F3N4O4/c1-11(14-4-3-5-16(18(14)23)22(24,25)10-30)26-19-15-8-17(33-13-6-7-32-9-13)21(31)29-20(15)28-12(2)27-19/h3-5,8,11,13,30H,6-7,9-10H2,1-2H3,(H2,26,27,28,29,31)/t11?,13-/m1/s1. The van der Waals surface area contributed by atoms with Crippen LogP contribution in [-0.2, 0) is 10.7 Å². The largest absolute Gasteiger partial charge is 0.482 e. The SMILES string of the molecule is Cc1nc(NC(C)c2cccc(C(F)(F)CO)c2F)c2cc(O[C@@H]3CCOC3)c(=O)[nH]c2n1. The van der Waals surface area contributed by atoms with Gasteiger partial charge in [0.2, 0.25) is 0 Å². The minimum absolute atomic E-state index is 0.0333. The Morgan fingerprint density at radius 3 is 2.88 bits per heavy atom. The lowest BCUT2D eigenvalue weighted by atomic mass is 10.0. The lowest BCUT2D eigenvalue weighted by Crippen LogP contribution is -2.22. The molecule has 8 nitrogen and oxygen atoms in total. The number of benzene rings is 1. The average molecular weight is 464 g/mol. The number of hydrogen-bond donors (Lipinski definition) is 3. The molecule has 176 valence electrons. The molecule has 1 aliphatic heterocycles. The minimum atomic E-state index is -3.71. The van der Waals surface area contributed by atoms with Crippen molar-refractivity contribution in [2.75, 3.05) is 25.1 Å². The third-order valence-corrected chi connectivity index (χ3v) is 5.41. The van der Waals surface area contributed by atoms with Gasteiger partial charge in [-0.05, 0) is 19.9 Å². The van der Waals surface area contributed by atoms with Crippen LogP contribution in [0.4, 0.5) is 19.0 Å². The summed E-state index contributed by atoms with van der Waals surface area (Å²) in [6.07, 6.45) is 0.397. The molecule has 0 aliphatic carbocycles. The maximum Gasteiger partial charge on any atom is 0.298 e. The van der Waals surface area contributed by atoms with Crippen LogP contribution in [0.5, 0.6) is 5.75 Å². The fraction of sp³-hybridized carbons (Fsp3) is 0.409. The summed E-state index contributed by atoms with van der Waals surface area (Å²) in [5.74, 6) is -4.16. The molecular formula is C22H23F3N4O4. The summed E-state index contributed by atoms with van der Waals surface area (Å²) in [4.78, 5) is 23.7. The van der Waals surface area contributed by atoms with E-state index < -0.39 is 35.5 Å². The predicted octanol–water partition coefficient (Wildman–Crippen LogP) is 3.19. The highest BCUT2D eigenvalue weighted by molar-refractivity contribution is 5.87. The molecule has 0 bridgehead atoms. The first kappa shape index (κ1) is 23.0. The molecule has 1 aliphatic rings. The van der Waals surface area contributed by atoms with E-state index in [0.717, 1.165) is 6.07 Å². The van der Waals surface area contributed by atoms with Crippen LogP contribution in [0.15, 0.2) is 29.1 Å². The highest BCUT2D eigenvalue weighted by atomic mass is 19.3. The van der Waals surface area contributed by atoms with Crippen molar-refractivity contribution in [2.45, 2.75) is 38.3 Å². The van der Waals surface area contributed by atoms with E-state index in [1.807, 2.05) is 0 Å². The summed E-state index contributed by atoms with van der Waals surface area (Å²) in [7, 11) is 0. The molecule has 4 rings (SSSR count). The Labute approximate surface area is 186 Å². The van der Waals surface area contributed by atoms with E-state index in [-0.39, 0.29) is 28.9 Å². The van der Waals surface area contributed by atoms with E-state index in [9.17, 15) is 18.0 Å². The van der Waals surface area contributed by atoms with Crippen LogP contribution < -0.4 is 15.6 Å². The van der Waals surface area contributed by atoms with Gasteiger partial charge in [-0.1, -0.05) is 12.1 Å². The molecule has 1 fully saturated rings. The van der Waals surface area contributed by atoms with Crippen molar-refractivity contribution < 1.29 is 27.8 Å². The number of fused-ring (bicyclic) bond motifs is 1. The van der Waals surface area contributed by atoms with Gasteiger partial charge in [0.05, 0.1) is 30.2 Å². The van der Waals surface area contributed by atoms with Crippen LogP contribution in [0.25, 0.3) is 11.0 Å². The van der Waals surface area contributed by atoms with Gasteiger partial charge in [-0.3, -0.25) is 4.79 Å². The number of alkyl halides is 2. The number of aromatic amines is 1. The first-order valence-electron chi connectivity index (χ1n) is 10.4. The Bertz CT molecular complexity index is 1230. The number of nitrogens with zero attached hydrogens (tertiary/aromatic N) is 2. The first-order chi connectivity index (χ1) is 15.7. The number of aromatic nitrogens is 3. The molecule has 33 heavy (non-hydrogen) atoms. The number of nitrogens with one attached hydrogen (secondary N) is 2. The van der Waals surface area contributed by atoms with Crippen LogP contribution in [0.1, 0.15) is 36.3 Å². The van der Waals surface area contributed by atoms with E-state index in [0.29, 0.717) is 30.8 Å². The molecule has 2 aromatic heterocycles. The van der Waals surface area contributed by atoms with Crippen LogP contribution in [0, 0.1) is 12.7 Å². The van der Waals surface area contributed by atoms with Gasteiger partial charge in [0.1, 0.15) is 35.8 Å². The number of rotatable bonds is 7. The van der Waals surface area contributed by atoms with E-state index in [1.54, 1.807) is 13.8 Å². The zero-order valence-electron chi connectivity index (χ0n) is 18.0. The summed E-state index contributed by atoms with van der Waals surface area (Å²) in [6.45, 7) is 2.62. The van der Waals surface area contributed by atoms with Crippen molar-refractivity contribution in [1.29, 1.82) is 0 Å². The highest BCUT2D eigenvalue weighted by Gasteiger charge is 2.35. The summed E-state index contributed by atoms with van der Waals surface area (Å²) in [6, 6.07) is 4.32. The fourth-order valence-corrected chi connectivity index (χ4v) is 3.70. The van der Waals surface area contributed by atoms with E-state index in [1.165, 1.54) is 18.2 Å². The summed E-state index contributed by atoms with van der Waals surface area (Å²) < 4.78 is 53.8. The normalized spacial score (nSPS) is 17.3. The van der Waals surface area contributed by atoms with E-state index >= 15 is 0 Å². The smallest absolute Gasteiger partial charge is 0.298 e. The van der Waals surface area contributed by atoms with Crippen molar-refractivity contribution in [3.05, 3.63) is 57.4 Å². The molecule has 2 atom stereocenters. The number of aliphatic hydroxyl groups excluding tert-OH is 1. The number of pyridine rings is 1. The minimum Gasteiger partial charge on any atom is -0.482 e. The molecule has 0 spiro atoms.